The van der Waals surface area contributed by atoms with Crippen molar-refractivity contribution in [1.82, 2.24) is 9.55 Å². The monoisotopic (exact) mass is 233 g/mol. The molecule has 0 saturated carbocycles. The number of nitrogens with zero attached hydrogens (tertiary/aromatic N) is 2. The SMILES string of the molecule is CCn1ccnc1CNc1cc(C)ccc1F. The van der Waals surface area contributed by atoms with Gasteiger partial charge in [0.05, 0.1) is 12.2 Å². The summed E-state index contributed by atoms with van der Waals surface area (Å²) in [4.78, 5) is 4.23. The molecule has 1 heterocycles. The van der Waals surface area contributed by atoms with E-state index in [1.54, 1.807) is 18.3 Å². The molecule has 1 N–H and O–H groups in total. The van der Waals surface area contributed by atoms with Gasteiger partial charge in [-0.1, -0.05) is 6.07 Å². The van der Waals surface area contributed by atoms with Crippen LogP contribution >= 0.6 is 0 Å². The van der Waals surface area contributed by atoms with Crippen LogP contribution in [0.5, 0.6) is 0 Å². The molecule has 0 fully saturated rings. The first kappa shape index (κ1) is 11.6. The van der Waals surface area contributed by atoms with Gasteiger partial charge in [-0.2, -0.15) is 0 Å². The number of rotatable bonds is 4. The van der Waals surface area contributed by atoms with Crippen molar-refractivity contribution >= 4 is 5.69 Å². The van der Waals surface area contributed by atoms with Gasteiger partial charge in [0, 0.05) is 18.9 Å². The van der Waals surface area contributed by atoms with E-state index < -0.39 is 0 Å². The molecule has 0 spiro atoms. The van der Waals surface area contributed by atoms with E-state index in [0.29, 0.717) is 12.2 Å². The van der Waals surface area contributed by atoms with Crippen molar-refractivity contribution in [3.63, 3.8) is 0 Å². The fourth-order valence-corrected chi connectivity index (χ4v) is 1.74. The van der Waals surface area contributed by atoms with Crippen molar-refractivity contribution in [2.24, 2.45) is 0 Å². The van der Waals surface area contributed by atoms with Gasteiger partial charge in [0.25, 0.3) is 0 Å². The standard InChI is InChI=1S/C13H16FN3/c1-3-17-7-6-15-13(17)9-16-12-8-10(2)4-5-11(12)14/h4-8,16H,3,9H2,1-2H3. The van der Waals surface area contributed by atoms with Crippen LogP contribution in [0.4, 0.5) is 10.1 Å². The first-order valence-electron chi connectivity index (χ1n) is 5.70. The molecule has 90 valence electrons. The lowest BCUT2D eigenvalue weighted by atomic mass is 10.2. The van der Waals surface area contributed by atoms with E-state index in [9.17, 15) is 4.39 Å². The van der Waals surface area contributed by atoms with Gasteiger partial charge < -0.3 is 9.88 Å². The van der Waals surface area contributed by atoms with Gasteiger partial charge in [-0.05, 0) is 31.5 Å². The quantitative estimate of drug-likeness (QED) is 0.879. The van der Waals surface area contributed by atoms with Crippen LogP contribution in [0, 0.1) is 12.7 Å². The number of nitrogens with one attached hydrogen (secondary N) is 1. The summed E-state index contributed by atoms with van der Waals surface area (Å²) in [6.45, 7) is 5.39. The number of imidazole rings is 1. The maximum absolute atomic E-state index is 13.5. The molecule has 0 aliphatic carbocycles. The number of halogens is 1. The van der Waals surface area contributed by atoms with Crippen molar-refractivity contribution in [3.8, 4) is 0 Å². The van der Waals surface area contributed by atoms with Gasteiger partial charge in [0.1, 0.15) is 11.6 Å². The molecule has 1 aromatic heterocycles. The average molecular weight is 233 g/mol. The normalized spacial score (nSPS) is 10.5. The van der Waals surface area contributed by atoms with Gasteiger partial charge in [-0.25, -0.2) is 9.37 Å². The minimum atomic E-state index is -0.231. The summed E-state index contributed by atoms with van der Waals surface area (Å²) in [6.07, 6.45) is 3.68. The Morgan fingerprint density at radius 2 is 2.24 bits per heavy atom. The van der Waals surface area contributed by atoms with E-state index in [2.05, 4.69) is 17.2 Å². The summed E-state index contributed by atoms with van der Waals surface area (Å²) in [5.74, 6) is 0.679. The Morgan fingerprint density at radius 1 is 1.41 bits per heavy atom. The Labute approximate surface area is 100 Å². The summed E-state index contributed by atoms with van der Waals surface area (Å²) in [6, 6.07) is 5.03. The highest BCUT2D eigenvalue weighted by Crippen LogP contribution is 2.16. The average Bonchev–Trinajstić information content (AvgIpc) is 2.77. The van der Waals surface area contributed by atoms with Crippen LogP contribution in [0.25, 0.3) is 0 Å². The molecule has 0 aliphatic heterocycles. The topological polar surface area (TPSA) is 29.9 Å². The molecule has 0 aliphatic rings. The van der Waals surface area contributed by atoms with E-state index in [-0.39, 0.29) is 5.82 Å². The summed E-state index contributed by atoms with van der Waals surface area (Å²) in [7, 11) is 0. The molecule has 2 rings (SSSR count). The van der Waals surface area contributed by atoms with Crippen molar-refractivity contribution in [2.45, 2.75) is 26.9 Å². The molecule has 3 nitrogen and oxygen atoms in total. The minimum absolute atomic E-state index is 0.231. The van der Waals surface area contributed by atoms with Crippen molar-refractivity contribution in [1.29, 1.82) is 0 Å². The smallest absolute Gasteiger partial charge is 0.146 e. The number of hydrogen-bond donors (Lipinski definition) is 1. The van der Waals surface area contributed by atoms with Crippen LogP contribution in [0.3, 0.4) is 0 Å². The fourth-order valence-electron chi connectivity index (χ4n) is 1.74. The Kier molecular flexibility index (Phi) is 3.42. The number of benzene rings is 1. The van der Waals surface area contributed by atoms with E-state index in [1.807, 2.05) is 17.7 Å². The first-order valence-corrected chi connectivity index (χ1v) is 5.70. The van der Waals surface area contributed by atoms with Crippen LogP contribution in [0.1, 0.15) is 18.3 Å². The zero-order chi connectivity index (χ0) is 12.3. The Balaban J connectivity index is 2.09. The minimum Gasteiger partial charge on any atom is -0.375 e. The van der Waals surface area contributed by atoms with Gasteiger partial charge in [-0.3, -0.25) is 0 Å². The van der Waals surface area contributed by atoms with Crippen molar-refractivity contribution < 1.29 is 4.39 Å². The predicted octanol–water partition coefficient (Wildman–Crippen LogP) is 2.96. The van der Waals surface area contributed by atoms with E-state index >= 15 is 0 Å². The molecular formula is C13H16FN3. The number of aryl methyl sites for hydroxylation is 2. The van der Waals surface area contributed by atoms with Gasteiger partial charge in [0.15, 0.2) is 0 Å². The molecule has 2 aromatic rings. The van der Waals surface area contributed by atoms with E-state index in [0.717, 1.165) is 17.9 Å². The molecule has 0 saturated heterocycles. The second-order valence-corrected chi connectivity index (χ2v) is 3.97. The lowest BCUT2D eigenvalue weighted by Crippen LogP contribution is -2.08. The molecule has 17 heavy (non-hydrogen) atoms. The number of anilines is 1. The fraction of sp³-hybridized carbons (Fsp3) is 0.308. The lowest BCUT2D eigenvalue weighted by Gasteiger charge is -2.09. The van der Waals surface area contributed by atoms with Crippen LogP contribution in [0.15, 0.2) is 30.6 Å². The maximum Gasteiger partial charge on any atom is 0.146 e. The van der Waals surface area contributed by atoms with E-state index in [4.69, 9.17) is 0 Å². The maximum atomic E-state index is 13.5. The Morgan fingerprint density at radius 3 is 3.00 bits per heavy atom. The highest BCUT2D eigenvalue weighted by Gasteiger charge is 2.04. The lowest BCUT2D eigenvalue weighted by molar-refractivity contribution is 0.628. The molecular weight excluding hydrogens is 217 g/mol. The van der Waals surface area contributed by atoms with Crippen LogP contribution in [-0.4, -0.2) is 9.55 Å². The summed E-state index contributed by atoms with van der Waals surface area (Å²) >= 11 is 0. The Bertz CT molecular complexity index is 505. The third kappa shape index (κ3) is 2.64. The van der Waals surface area contributed by atoms with Gasteiger partial charge in [0.2, 0.25) is 0 Å². The van der Waals surface area contributed by atoms with Crippen molar-refractivity contribution in [2.75, 3.05) is 5.32 Å². The zero-order valence-corrected chi connectivity index (χ0v) is 10.1. The number of aromatic nitrogens is 2. The Hall–Kier alpha value is -1.84. The van der Waals surface area contributed by atoms with E-state index in [1.165, 1.54) is 6.07 Å². The zero-order valence-electron chi connectivity index (χ0n) is 10.1. The summed E-state index contributed by atoms with van der Waals surface area (Å²) < 4.78 is 15.5. The second kappa shape index (κ2) is 4.99. The molecule has 0 atom stereocenters. The summed E-state index contributed by atoms with van der Waals surface area (Å²) in [5, 5.41) is 3.07. The summed E-state index contributed by atoms with van der Waals surface area (Å²) in [5.41, 5.74) is 1.56. The van der Waals surface area contributed by atoms with Crippen molar-refractivity contribution in [3.05, 3.63) is 47.8 Å². The molecule has 0 amide bonds. The molecule has 4 heteroatoms. The molecule has 1 aromatic carbocycles. The highest BCUT2D eigenvalue weighted by molar-refractivity contribution is 5.47. The molecule has 0 bridgehead atoms. The first-order chi connectivity index (χ1) is 8.20. The second-order valence-electron chi connectivity index (χ2n) is 3.97. The van der Waals surface area contributed by atoms with Gasteiger partial charge in [-0.15, -0.1) is 0 Å². The molecule has 0 unspecified atom stereocenters. The molecule has 0 radical (unpaired) electrons. The van der Waals surface area contributed by atoms with Crippen LogP contribution in [-0.2, 0) is 13.1 Å². The largest absolute Gasteiger partial charge is 0.375 e. The predicted molar refractivity (Wildman–Crippen MR) is 66.4 cm³/mol. The van der Waals surface area contributed by atoms with Crippen LogP contribution in [0.2, 0.25) is 0 Å². The third-order valence-electron chi connectivity index (χ3n) is 2.70. The van der Waals surface area contributed by atoms with Crippen LogP contribution < -0.4 is 5.32 Å². The third-order valence-corrected chi connectivity index (χ3v) is 2.70. The van der Waals surface area contributed by atoms with Gasteiger partial charge >= 0.3 is 0 Å². The highest BCUT2D eigenvalue weighted by atomic mass is 19.1. The number of hydrogen-bond acceptors (Lipinski definition) is 2.